The van der Waals surface area contributed by atoms with Crippen LogP contribution in [0.25, 0.3) is 0 Å². The van der Waals surface area contributed by atoms with Crippen LogP contribution in [0.5, 0.6) is 0 Å². The Hall–Kier alpha value is -1.80. The number of hydrogen-bond donors (Lipinski definition) is 0. The number of aromatic nitrogens is 4. The second-order valence-electron chi connectivity index (χ2n) is 6.19. The lowest BCUT2D eigenvalue weighted by molar-refractivity contribution is 0.179. The molecule has 0 spiro atoms. The topological polar surface area (TPSA) is 67.3 Å². The van der Waals surface area contributed by atoms with Gasteiger partial charge < -0.3 is 14.5 Å². The largest absolute Gasteiger partial charge is 0.377 e. The molecule has 23 heavy (non-hydrogen) atoms. The monoisotopic (exact) mass is 332 g/mol. The van der Waals surface area contributed by atoms with Gasteiger partial charge in [-0.2, -0.15) is 9.47 Å². The molecule has 7 nitrogen and oxygen atoms in total. The van der Waals surface area contributed by atoms with Gasteiger partial charge in [-0.25, -0.2) is 4.98 Å². The number of nitrogens with zero attached hydrogens (tertiary/aromatic N) is 6. The highest BCUT2D eigenvalue weighted by molar-refractivity contribution is 7.09. The molecule has 1 aliphatic carbocycles. The molecule has 0 atom stereocenters. The molecule has 3 heterocycles. The lowest BCUT2D eigenvalue weighted by Crippen LogP contribution is -2.59. The average Bonchev–Trinajstić information content (AvgIpc) is 3.26. The van der Waals surface area contributed by atoms with Crippen LogP contribution in [0.2, 0.25) is 0 Å². The first kappa shape index (κ1) is 14.8. The van der Waals surface area contributed by atoms with E-state index in [-0.39, 0.29) is 0 Å². The summed E-state index contributed by atoms with van der Waals surface area (Å²) >= 11 is 1.42. The van der Waals surface area contributed by atoms with Crippen molar-refractivity contribution in [2.24, 2.45) is 0 Å². The summed E-state index contributed by atoms with van der Waals surface area (Å²) in [7, 11) is 3.73. The molecule has 1 saturated carbocycles. The van der Waals surface area contributed by atoms with E-state index in [4.69, 9.17) is 4.74 Å². The minimum Gasteiger partial charge on any atom is -0.377 e. The summed E-state index contributed by atoms with van der Waals surface area (Å²) in [4.78, 5) is 8.95. The van der Waals surface area contributed by atoms with E-state index >= 15 is 0 Å². The highest BCUT2D eigenvalue weighted by Gasteiger charge is 2.33. The number of likely N-dealkylation sites (N-methyl/N-ethyl adjacent to an activating group) is 1. The Morgan fingerprint density at radius 3 is 2.78 bits per heavy atom. The number of ether oxygens (including phenoxy) is 1. The Bertz CT molecular complexity index is 665. The van der Waals surface area contributed by atoms with Gasteiger partial charge in [-0.05, 0) is 25.0 Å². The Morgan fingerprint density at radius 2 is 2.13 bits per heavy atom. The van der Waals surface area contributed by atoms with E-state index in [9.17, 15) is 0 Å². The van der Waals surface area contributed by atoms with Crippen LogP contribution in [0, 0.1) is 0 Å². The minimum atomic E-state index is 0.434. The second kappa shape index (κ2) is 6.01. The van der Waals surface area contributed by atoms with Crippen molar-refractivity contribution in [2.75, 3.05) is 37.0 Å². The van der Waals surface area contributed by atoms with Gasteiger partial charge in [0.05, 0.1) is 11.7 Å². The molecule has 0 unspecified atom stereocenters. The fourth-order valence-electron chi connectivity index (χ4n) is 2.72. The summed E-state index contributed by atoms with van der Waals surface area (Å²) in [6.45, 7) is 2.34. The zero-order chi connectivity index (χ0) is 15.8. The Kier molecular flexibility index (Phi) is 3.86. The van der Waals surface area contributed by atoms with Crippen LogP contribution in [-0.4, -0.2) is 52.8 Å². The van der Waals surface area contributed by atoms with Gasteiger partial charge in [-0.15, -0.1) is 5.10 Å². The van der Waals surface area contributed by atoms with Crippen LogP contribution < -0.4 is 9.80 Å². The maximum atomic E-state index is 5.07. The van der Waals surface area contributed by atoms with E-state index < -0.39 is 0 Å². The van der Waals surface area contributed by atoms with Crippen molar-refractivity contribution >= 4 is 22.5 Å². The zero-order valence-corrected chi connectivity index (χ0v) is 14.2. The van der Waals surface area contributed by atoms with Gasteiger partial charge in [0.15, 0.2) is 11.6 Å². The summed E-state index contributed by atoms with van der Waals surface area (Å²) in [5, 5.41) is 9.67. The van der Waals surface area contributed by atoms with E-state index in [1.54, 1.807) is 7.11 Å². The molecule has 122 valence electrons. The lowest BCUT2D eigenvalue weighted by Gasteiger charge is -2.44. The standard InChI is InChI=1S/C15H20N6OS/c1-20(15-16-13(9-22-2)19-23-15)11-7-21(8-11)14-6-5-12(17-18-14)10-3-4-10/h5-6,10-11H,3-4,7-9H2,1-2H3. The molecule has 4 rings (SSSR count). The van der Waals surface area contributed by atoms with Crippen molar-refractivity contribution in [1.29, 1.82) is 0 Å². The molecule has 2 fully saturated rings. The van der Waals surface area contributed by atoms with E-state index in [0.717, 1.165) is 35.6 Å². The predicted octanol–water partition coefficient (Wildman–Crippen LogP) is 1.68. The molecule has 0 bridgehead atoms. The number of anilines is 2. The summed E-state index contributed by atoms with van der Waals surface area (Å²) in [6.07, 6.45) is 2.52. The second-order valence-corrected chi connectivity index (χ2v) is 6.92. The van der Waals surface area contributed by atoms with Crippen molar-refractivity contribution in [3.05, 3.63) is 23.7 Å². The average molecular weight is 332 g/mol. The van der Waals surface area contributed by atoms with Gasteiger partial charge in [-0.3, -0.25) is 0 Å². The Labute approximate surface area is 139 Å². The van der Waals surface area contributed by atoms with Gasteiger partial charge in [0.25, 0.3) is 0 Å². The van der Waals surface area contributed by atoms with Crippen LogP contribution in [0.3, 0.4) is 0 Å². The summed E-state index contributed by atoms with van der Waals surface area (Å²) in [5.74, 6) is 2.37. The van der Waals surface area contributed by atoms with Crippen LogP contribution in [-0.2, 0) is 11.3 Å². The molecule has 2 aliphatic rings. The van der Waals surface area contributed by atoms with E-state index in [0.29, 0.717) is 18.6 Å². The van der Waals surface area contributed by atoms with Gasteiger partial charge in [-0.1, -0.05) is 0 Å². The number of methoxy groups -OCH3 is 1. The minimum absolute atomic E-state index is 0.434. The van der Waals surface area contributed by atoms with Crippen molar-refractivity contribution < 1.29 is 4.74 Å². The molecular weight excluding hydrogens is 312 g/mol. The molecule has 0 aromatic carbocycles. The first-order valence-corrected chi connectivity index (χ1v) is 8.65. The van der Waals surface area contributed by atoms with Crippen molar-refractivity contribution in [2.45, 2.75) is 31.4 Å². The Balaban J connectivity index is 1.34. The van der Waals surface area contributed by atoms with Crippen LogP contribution in [0.4, 0.5) is 10.9 Å². The van der Waals surface area contributed by atoms with Gasteiger partial charge in [0.2, 0.25) is 5.13 Å². The molecule has 0 radical (unpaired) electrons. The molecule has 0 amide bonds. The fraction of sp³-hybridized carbons (Fsp3) is 0.600. The van der Waals surface area contributed by atoms with E-state index in [1.165, 1.54) is 24.4 Å². The van der Waals surface area contributed by atoms with Gasteiger partial charge in [0.1, 0.15) is 6.61 Å². The highest BCUT2D eigenvalue weighted by atomic mass is 32.1. The predicted molar refractivity (Wildman–Crippen MR) is 89.0 cm³/mol. The first-order chi connectivity index (χ1) is 11.2. The zero-order valence-electron chi connectivity index (χ0n) is 13.3. The van der Waals surface area contributed by atoms with Crippen LogP contribution in [0.1, 0.15) is 30.3 Å². The van der Waals surface area contributed by atoms with Crippen molar-refractivity contribution in [1.82, 2.24) is 19.6 Å². The maximum Gasteiger partial charge on any atom is 0.205 e. The number of hydrogen-bond acceptors (Lipinski definition) is 8. The quantitative estimate of drug-likeness (QED) is 0.797. The first-order valence-electron chi connectivity index (χ1n) is 7.87. The Morgan fingerprint density at radius 1 is 1.30 bits per heavy atom. The van der Waals surface area contributed by atoms with Crippen LogP contribution >= 0.6 is 11.5 Å². The van der Waals surface area contributed by atoms with Gasteiger partial charge >= 0.3 is 0 Å². The van der Waals surface area contributed by atoms with Crippen LogP contribution in [0.15, 0.2) is 12.1 Å². The van der Waals surface area contributed by atoms with Crippen molar-refractivity contribution in [3.8, 4) is 0 Å². The molecule has 2 aromatic heterocycles. The third-order valence-corrected chi connectivity index (χ3v) is 5.28. The molecule has 1 saturated heterocycles. The third kappa shape index (κ3) is 3.00. The summed E-state index contributed by atoms with van der Waals surface area (Å²) < 4.78 is 9.37. The van der Waals surface area contributed by atoms with E-state index in [1.807, 2.05) is 0 Å². The summed E-state index contributed by atoms with van der Waals surface area (Å²) in [5.41, 5.74) is 1.14. The molecule has 1 aliphatic heterocycles. The summed E-state index contributed by atoms with van der Waals surface area (Å²) in [6, 6.07) is 4.65. The molecular formula is C15H20N6OS. The fourth-order valence-corrected chi connectivity index (χ4v) is 3.42. The van der Waals surface area contributed by atoms with E-state index in [2.05, 4.69) is 48.5 Å². The maximum absolute atomic E-state index is 5.07. The molecule has 8 heteroatoms. The highest BCUT2D eigenvalue weighted by Crippen LogP contribution is 2.39. The van der Waals surface area contributed by atoms with Crippen molar-refractivity contribution in [3.63, 3.8) is 0 Å². The normalized spacial score (nSPS) is 18.1. The molecule has 2 aromatic rings. The lowest BCUT2D eigenvalue weighted by atomic mass is 10.1. The van der Waals surface area contributed by atoms with Gasteiger partial charge in [0, 0.05) is 44.7 Å². The number of rotatable bonds is 6. The SMILES string of the molecule is COCc1nsc(N(C)C2CN(c3ccc(C4CC4)nn3)C2)n1. The third-order valence-electron chi connectivity index (χ3n) is 4.43. The molecule has 0 N–H and O–H groups in total. The smallest absolute Gasteiger partial charge is 0.205 e.